The highest BCUT2D eigenvalue weighted by Gasteiger charge is 2.70. The van der Waals surface area contributed by atoms with Crippen LogP contribution in [0.15, 0.2) is 48.1 Å². The Labute approximate surface area is 442 Å². The maximum atomic E-state index is 14.4. The van der Waals surface area contributed by atoms with Gasteiger partial charge in [0.25, 0.3) is 0 Å². The zero-order valence-corrected chi connectivity index (χ0v) is 45.2. The van der Waals surface area contributed by atoms with Crippen molar-refractivity contribution in [2.75, 3.05) is 25.1 Å². The number of urea groups is 1. The van der Waals surface area contributed by atoms with E-state index in [-0.39, 0.29) is 73.1 Å². The smallest absolute Gasteiger partial charge is 0.393 e. The fraction of sp³-hybridized carbons (Fsp3) is 0.654. The van der Waals surface area contributed by atoms with Crippen LogP contribution in [0.25, 0.3) is 0 Å². The number of amides is 5. The van der Waals surface area contributed by atoms with Crippen LogP contribution in [-0.4, -0.2) is 112 Å². The number of nitrogens with two attached hydrogens (primary N) is 1. The Kier molecular flexibility index (Phi) is 19.8. The van der Waals surface area contributed by atoms with E-state index in [1.165, 1.54) is 30.3 Å². The van der Waals surface area contributed by atoms with Gasteiger partial charge in [0.15, 0.2) is 23.5 Å². The van der Waals surface area contributed by atoms with Crippen molar-refractivity contribution in [1.82, 2.24) is 16.0 Å². The molecule has 1 aromatic rings. The number of carbonyl (C=O) groups is 6. The van der Waals surface area contributed by atoms with Crippen LogP contribution in [0, 0.1) is 46.8 Å². The quantitative estimate of drug-likeness (QED) is 0.0377. The molecule has 24 heteroatoms. The second-order valence-electron chi connectivity index (χ2n) is 21.2. The molecule has 4 fully saturated rings. The highest BCUT2D eigenvalue weighted by Crippen LogP contribution is 2.66. The van der Waals surface area contributed by atoms with Crippen molar-refractivity contribution in [3.8, 4) is 11.8 Å². The maximum Gasteiger partial charge on any atom is 0.481 e. The molecule has 1 aliphatic heterocycles. The van der Waals surface area contributed by atoms with Crippen molar-refractivity contribution in [3.63, 3.8) is 0 Å². The van der Waals surface area contributed by atoms with Gasteiger partial charge in [-0.05, 0) is 112 Å². The first kappa shape index (κ1) is 59.0. The Hall–Kier alpha value is -4.62. The van der Waals surface area contributed by atoms with Gasteiger partial charge in [0.1, 0.15) is 31.4 Å². The Balaban J connectivity index is 0.925. The molecule has 5 amide bonds. The molecule has 14 atom stereocenters. The van der Waals surface area contributed by atoms with Gasteiger partial charge in [0.2, 0.25) is 17.7 Å². The van der Waals surface area contributed by atoms with Gasteiger partial charge < -0.3 is 56.1 Å². The number of phosphoric ester groups is 2. The van der Waals surface area contributed by atoms with Crippen molar-refractivity contribution in [2.24, 2.45) is 40.7 Å². The van der Waals surface area contributed by atoms with Crippen LogP contribution in [0.5, 0.6) is 0 Å². The number of hydrogen-bond donors (Lipinski definition) is 8. The lowest BCUT2D eigenvalue weighted by Gasteiger charge is -2.56. The van der Waals surface area contributed by atoms with Crippen LogP contribution >= 0.6 is 15.6 Å². The molecule has 0 radical (unpaired) electrons. The monoisotopic (exact) mass is 1100 g/mol. The Bertz CT molecular complexity index is 2550. The number of allylic oxidation sites excluding steroid dienone is 4. The number of nitrogens with one attached hydrogen (secondary N) is 4. The van der Waals surface area contributed by atoms with E-state index in [1.807, 2.05) is 19.9 Å². The number of primary amides is 1. The number of anilines is 1. The average molecular weight is 1100 g/mol. The second-order valence-corrected chi connectivity index (χ2v) is 24.2. The SMILES string of the molecule is CCCC1O[C@@H]2C[C@@H]3C(C[C@H](O)[C@H]4[C@H]3CCC3=CC(=O)C=C[C@@]34C)[C@]2(C(=O)COP(=O)(O)OP(=O)(O)OCc2ccc(NC(=O)[C@H](CCCNC(N)=O)NC(=O)[C@@H](NC(=O)COC3C#CCCCCC3)C(C)C)cc2)O1. The van der Waals surface area contributed by atoms with E-state index >= 15 is 0 Å². The third-order valence-electron chi connectivity index (χ3n) is 15.6. The summed E-state index contributed by atoms with van der Waals surface area (Å²) in [7, 11) is -10.8. The summed E-state index contributed by atoms with van der Waals surface area (Å²) in [5.41, 5.74) is 4.45. The number of phosphoric acid groups is 2. The molecular formula is C52H73N5O17P2. The number of Topliss-reactive ketones (excluding diaryl/α,β-unsaturated/α-hetero) is 1. The second kappa shape index (κ2) is 25.4. The first-order chi connectivity index (χ1) is 36.0. The van der Waals surface area contributed by atoms with E-state index in [4.69, 9.17) is 29.0 Å². The van der Waals surface area contributed by atoms with Gasteiger partial charge in [-0.25, -0.2) is 13.9 Å². The molecule has 1 aromatic carbocycles. The zero-order chi connectivity index (χ0) is 55.0. The molecule has 22 nitrogen and oxygen atoms in total. The van der Waals surface area contributed by atoms with Crippen molar-refractivity contribution in [2.45, 2.75) is 160 Å². The summed E-state index contributed by atoms with van der Waals surface area (Å²) in [5.74, 6) is 2.08. The summed E-state index contributed by atoms with van der Waals surface area (Å²) in [5, 5.41) is 22.4. The minimum atomic E-state index is -5.47. The lowest BCUT2D eigenvalue weighted by molar-refractivity contribution is -0.173. The molecule has 6 aliphatic rings. The molecule has 418 valence electrons. The third kappa shape index (κ3) is 14.3. The Morgan fingerprint density at radius 3 is 2.43 bits per heavy atom. The molecular weight excluding hydrogens is 1030 g/mol. The Morgan fingerprint density at radius 1 is 0.961 bits per heavy atom. The lowest BCUT2D eigenvalue weighted by Crippen LogP contribution is -2.58. The molecule has 0 bridgehead atoms. The molecule has 3 saturated carbocycles. The van der Waals surface area contributed by atoms with Crippen LogP contribution in [0.2, 0.25) is 0 Å². The van der Waals surface area contributed by atoms with Gasteiger partial charge in [-0.15, -0.1) is 5.92 Å². The minimum absolute atomic E-state index is 0.0569. The van der Waals surface area contributed by atoms with Gasteiger partial charge in [-0.3, -0.25) is 33.0 Å². The molecule has 76 heavy (non-hydrogen) atoms. The van der Waals surface area contributed by atoms with E-state index in [9.17, 15) is 52.8 Å². The fourth-order valence-corrected chi connectivity index (χ4v) is 14.0. The number of ketones is 2. The maximum absolute atomic E-state index is 14.4. The van der Waals surface area contributed by atoms with Crippen molar-refractivity contribution >= 4 is 56.7 Å². The average Bonchev–Trinajstić information content (AvgIpc) is 3.86. The number of carbonyl (C=O) groups excluding carboxylic acids is 6. The van der Waals surface area contributed by atoms with Gasteiger partial charge in [0.05, 0.1) is 18.8 Å². The first-order valence-electron chi connectivity index (χ1n) is 26.3. The zero-order valence-electron chi connectivity index (χ0n) is 43.4. The summed E-state index contributed by atoms with van der Waals surface area (Å²) in [6.07, 6.45) is 10.0. The molecule has 0 spiro atoms. The number of aliphatic hydroxyl groups is 1. The normalized spacial score (nSPS) is 30.9. The van der Waals surface area contributed by atoms with Gasteiger partial charge in [-0.2, -0.15) is 4.31 Å². The molecule has 7 rings (SSSR count). The number of benzene rings is 1. The molecule has 9 N–H and O–H groups in total. The standard InChI is InChI=1S/C52H73N5O17P2/c1-5-12-45-72-43-26-38-37-21-18-33-25-35(58)22-23-51(33,4)46(37)41(59)27-39(38)52(43,73-45)42(60)29-71-76(67,68)74-75(65,66)70-28-32-16-19-34(20-17-32)55-48(62)40(15-11-24-54-50(53)64)56-49(63)47(31(2)3)57-44(61)30-69-36-13-9-7-6-8-10-14-36/h16-17,19-20,22-23,25,31,36-41,43,45-47,59H,5-9,11-13,15,18,21,24,26-30H2,1-4H3,(H,55,62)(H,56,63)(H,57,61)(H,65,66)(H,67,68)(H3,53,54,64)/t36?,37-,38-,39?,40-,41-,43+,45?,46+,47-,51-,52+/m0/s1. The topological polar surface area (TPSA) is 327 Å². The van der Waals surface area contributed by atoms with Crippen LogP contribution in [0.3, 0.4) is 0 Å². The van der Waals surface area contributed by atoms with Crippen molar-refractivity contribution in [1.29, 1.82) is 0 Å². The van der Waals surface area contributed by atoms with Crippen LogP contribution in [0.1, 0.15) is 117 Å². The van der Waals surface area contributed by atoms with Crippen LogP contribution in [0.4, 0.5) is 10.5 Å². The van der Waals surface area contributed by atoms with E-state index < -0.39 is 112 Å². The molecule has 1 saturated heterocycles. The highest BCUT2D eigenvalue weighted by atomic mass is 31.3. The number of fused-ring (bicyclic) bond motifs is 7. The summed E-state index contributed by atoms with van der Waals surface area (Å²) in [6, 6.07) is 2.75. The number of rotatable bonds is 24. The van der Waals surface area contributed by atoms with Crippen molar-refractivity contribution < 1.29 is 80.4 Å². The number of hydrogen-bond acceptors (Lipinski definition) is 15. The van der Waals surface area contributed by atoms with E-state index in [1.54, 1.807) is 19.9 Å². The lowest BCUT2D eigenvalue weighted by atomic mass is 9.49. The van der Waals surface area contributed by atoms with Gasteiger partial charge in [0, 0.05) is 35.9 Å². The third-order valence-corrected chi connectivity index (χ3v) is 18.2. The first-order valence-corrected chi connectivity index (χ1v) is 29.3. The Morgan fingerprint density at radius 2 is 1.71 bits per heavy atom. The summed E-state index contributed by atoms with van der Waals surface area (Å²) < 4.78 is 59.5. The summed E-state index contributed by atoms with van der Waals surface area (Å²) >= 11 is 0. The van der Waals surface area contributed by atoms with Crippen LogP contribution in [-0.2, 0) is 67.3 Å². The minimum Gasteiger partial charge on any atom is -0.393 e. The van der Waals surface area contributed by atoms with E-state index in [0.717, 1.165) is 31.3 Å². The predicted octanol–water partition coefficient (Wildman–Crippen LogP) is 5.15. The van der Waals surface area contributed by atoms with E-state index in [2.05, 4.69) is 37.4 Å². The molecule has 1 heterocycles. The summed E-state index contributed by atoms with van der Waals surface area (Å²) in [6.45, 7) is 5.53. The molecule has 0 aromatic heterocycles. The van der Waals surface area contributed by atoms with Crippen LogP contribution < -0.4 is 27.0 Å². The number of ether oxygens (including phenoxy) is 3. The highest BCUT2D eigenvalue weighted by molar-refractivity contribution is 7.61. The fourth-order valence-electron chi connectivity index (χ4n) is 12.0. The largest absolute Gasteiger partial charge is 0.481 e. The number of aliphatic hydroxyl groups excluding tert-OH is 1. The molecule has 5 unspecified atom stereocenters. The van der Waals surface area contributed by atoms with Gasteiger partial charge >= 0.3 is 21.7 Å². The van der Waals surface area contributed by atoms with E-state index in [0.29, 0.717) is 38.5 Å². The van der Waals surface area contributed by atoms with Gasteiger partial charge in [-0.1, -0.05) is 70.2 Å². The predicted molar refractivity (Wildman–Crippen MR) is 274 cm³/mol. The summed E-state index contributed by atoms with van der Waals surface area (Å²) in [4.78, 5) is 99.4. The molecule has 5 aliphatic carbocycles. The van der Waals surface area contributed by atoms with Crippen molar-refractivity contribution in [3.05, 3.63) is 53.6 Å².